The van der Waals surface area contributed by atoms with Gasteiger partial charge in [-0.2, -0.15) is 0 Å². The van der Waals surface area contributed by atoms with E-state index in [4.69, 9.17) is 23.2 Å². The van der Waals surface area contributed by atoms with Gasteiger partial charge in [-0.1, -0.05) is 29.3 Å². The summed E-state index contributed by atoms with van der Waals surface area (Å²) in [6.07, 6.45) is 0.547. The number of Topliss-reactive ketones (excluding diaryl/α,β-unsaturated/α-hetero) is 1. The Balaban J connectivity index is 2.40. The number of carbonyl (C=O) groups is 1. The second-order valence-corrected chi connectivity index (χ2v) is 4.21. The molecule has 0 heterocycles. The summed E-state index contributed by atoms with van der Waals surface area (Å²) in [6.45, 7) is 2.91. The van der Waals surface area contributed by atoms with E-state index in [-0.39, 0.29) is 5.78 Å². The van der Waals surface area contributed by atoms with Gasteiger partial charge in [-0.05, 0) is 24.6 Å². The third kappa shape index (κ3) is 4.65. The molecule has 0 spiro atoms. The summed E-state index contributed by atoms with van der Waals surface area (Å²) in [5.74, 6) is 0.185. The van der Waals surface area contributed by atoms with Crippen LogP contribution < -0.4 is 5.32 Å². The fraction of sp³-hybridized carbons (Fsp3) is 0.364. The molecule has 1 aromatic rings. The van der Waals surface area contributed by atoms with E-state index >= 15 is 0 Å². The molecule has 0 radical (unpaired) electrons. The highest BCUT2D eigenvalue weighted by atomic mass is 35.5. The maximum atomic E-state index is 10.7. The van der Waals surface area contributed by atoms with Crippen molar-refractivity contribution in [1.29, 1.82) is 0 Å². The van der Waals surface area contributed by atoms with E-state index in [2.05, 4.69) is 5.32 Å². The molecule has 0 unspecified atom stereocenters. The highest BCUT2D eigenvalue weighted by molar-refractivity contribution is 6.35. The van der Waals surface area contributed by atoms with Crippen molar-refractivity contribution in [3.8, 4) is 0 Å². The first kappa shape index (κ1) is 12.5. The zero-order valence-electron chi connectivity index (χ0n) is 8.52. The summed E-state index contributed by atoms with van der Waals surface area (Å²) in [4.78, 5) is 10.7. The van der Waals surface area contributed by atoms with Crippen LogP contribution in [-0.4, -0.2) is 12.3 Å². The fourth-order valence-corrected chi connectivity index (χ4v) is 1.63. The molecule has 0 aromatic heterocycles. The third-order valence-corrected chi connectivity index (χ3v) is 2.57. The van der Waals surface area contributed by atoms with Gasteiger partial charge in [0, 0.05) is 29.6 Å². The topological polar surface area (TPSA) is 29.1 Å². The van der Waals surface area contributed by atoms with E-state index in [1.807, 2.05) is 6.07 Å². The number of rotatable bonds is 5. The van der Waals surface area contributed by atoms with Gasteiger partial charge in [0.15, 0.2) is 0 Å². The molecular weight excluding hydrogens is 233 g/mol. The van der Waals surface area contributed by atoms with Crippen molar-refractivity contribution in [2.24, 2.45) is 0 Å². The summed E-state index contributed by atoms with van der Waals surface area (Å²) in [5.41, 5.74) is 0.990. The van der Waals surface area contributed by atoms with Crippen LogP contribution in [0.4, 0.5) is 0 Å². The lowest BCUT2D eigenvalue weighted by Gasteiger charge is -2.05. The standard InChI is InChI=1S/C11H13Cl2NO/c1-8(15)4-5-14-7-9-2-3-10(12)6-11(9)13/h2-3,6,14H,4-5,7H2,1H3. The summed E-state index contributed by atoms with van der Waals surface area (Å²) in [7, 11) is 0. The SMILES string of the molecule is CC(=O)CCNCc1ccc(Cl)cc1Cl. The van der Waals surface area contributed by atoms with Gasteiger partial charge in [0.25, 0.3) is 0 Å². The minimum absolute atomic E-state index is 0.185. The lowest BCUT2D eigenvalue weighted by molar-refractivity contribution is -0.116. The first-order valence-electron chi connectivity index (χ1n) is 4.73. The predicted octanol–water partition coefficient (Wildman–Crippen LogP) is 3.06. The smallest absolute Gasteiger partial charge is 0.131 e. The van der Waals surface area contributed by atoms with E-state index in [9.17, 15) is 4.79 Å². The van der Waals surface area contributed by atoms with Crippen LogP contribution in [0.5, 0.6) is 0 Å². The summed E-state index contributed by atoms with van der Waals surface area (Å²) in [6, 6.07) is 5.39. The van der Waals surface area contributed by atoms with E-state index in [1.54, 1.807) is 19.1 Å². The molecular formula is C11H13Cl2NO. The van der Waals surface area contributed by atoms with Gasteiger partial charge in [0.05, 0.1) is 0 Å². The Hall–Kier alpha value is -0.570. The number of halogens is 2. The molecule has 0 aliphatic rings. The van der Waals surface area contributed by atoms with Crippen LogP contribution in [0.2, 0.25) is 10.0 Å². The second kappa shape index (κ2) is 6.11. The van der Waals surface area contributed by atoms with Gasteiger partial charge in [-0.15, -0.1) is 0 Å². The number of hydrogen-bond acceptors (Lipinski definition) is 2. The maximum absolute atomic E-state index is 10.7. The monoisotopic (exact) mass is 245 g/mol. The van der Waals surface area contributed by atoms with Gasteiger partial charge in [0.2, 0.25) is 0 Å². The van der Waals surface area contributed by atoms with Crippen LogP contribution in [0.3, 0.4) is 0 Å². The Morgan fingerprint density at radius 1 is 1.40 bits per heavy atom. The van der Waals surface area contributed by atoms with Crippen molar-refractivity contribution < 1.29 is 4.79 Å². The highest BCUT2D eigenvalue weighted by Crippen LogP contribution is 2.20. The number of hydrogen-bond donors (Lipinski definition) is 1. The van der Waals surface area contributed by atoms with Crippen molar-refractivity contribution in [2.45, 2.75) is 19.9 Å². The molecule has 0 saturated heterocycles. The normalized spacial score (nSPS) is 10.3. The molecule has 4 heteroatoms. The van der Waals surface area contributed by atoms with E-state index in [0.29, 0.717) is 29.6 Å². The third-order valence-electron chi connectivity index (χ3n) is 1.98. The zero-order chi connectivity index (χ0) is 11.3. The number of nitrogens with one attached hydrogen (secondary N) is 1. The van der Waals surface area contributed by atoms with Crippen molar-refractivity contribution in [2.75, 3.05) is 6.54 Å². The second-order valence-electron chi connectivity index (χ2n) is 3.36. The molecule has 0 saturated carbocycles. The quantitative estimate of drug-likeness (QED) is 0.809. The van der Waals surface area contributed by atoms with Gasteiger partial charge < -0.3 is 5.32 Å². The Labute approximate surface area is 99.6 Å². The van der Waals surface area contributed by atoms with Gasteiger partial charge >= 0.3 is 0 Å². The van der Waals surface area contributed by atoms with Crippen LogP contribution in [0, 0.1) is 0 Å². The maximum Gasteiger partial charge on any atom is 0.131 e. The lowest BCUT2D eigenvalue weighted by atomic mass is 10.2. The molecule has 0 aliphatic carbocycles. The van der Waals surface area contributed by atoms with Crippen molar-refractivity contribution in [1.82, 2.24) is 5.32 Å². The first-order valence-corrected chi connectivity index (χ1v) is 5.49. The van der Waals surface area contributed by atoms with E-state index < -0.39 is 0 Å². The van der Waals surface area contributed by atoms with Crippen LogP contribution in [0.25, 0.3) is 0 Å². The minimum atomic E-state index is 0.185. The van der Waals surface area contributed by atoms with Gasteiger partial charge in [0.1, 0.15) is 5.78 Å². The van der Waals surface area contributed by atoms with Crippen LogP contribution >= 0.6 is 23.2 Å². The van der Waals surface area contributed by atoms with E-state index in [1.165, 1.54) is 0 Å². The van der Waals surface area contributed by atoms with Crippen molar-refractivity contribution in [3.05, 3.63) is 33.8 Å². The molecule has 0 amide bonds. The molecule has 1 N–H and O–H groups in total. The number of benzene rings is 1. The first-order chi connectivity index (χ1) is 7.09. The molecule has 0 aliphatic heterocycles. The molecule has 0 fully saturated rings. The highest BCUT2D eigenvalue weighted by Gasteiger charge is 2.00. The molecule has 82 valence electrons. The lowest BCUT2D eigenvalue weighted by Crippen LogP contribution is -2.17. The average molecular weight is 246 g/mol. The molecule has 2 nitrogen and oxygen atoms in total. The fourth-order valence-electron chi connectivity index (χ4n) is 1.15. The summed E-state index contributed by atoms with van der Waals surface area (Å²) in [5, 5.41) is 4.43. The van der Waals surface area contributed by atoms with Crippen molar-refractivity contribution in [3.63, 3.8) is 0 Å². The number of ketones is 1. The summed E-state index contributed by atoms with van der Waals surface area (Å²) >= 11 is 11.7. The number of carbonyl (C=O) groups excluding carboxylic acids is 1. The molecule has 0 bridgehead atoms. The average Bonchev–Trinajstić information content (AvgIpc) is 2.14. The Morgan fingerprint density at radius 3 is 2.73 bits per heavy atom. The van der Waals surface area contributed by atoms with Gasteiger partial charge in [-0.25, -0.2) is 0 Å². The molecule has 15 heavy (non-hydrogen) atoms. The van der Waals surface area contributed by atoms with Crippen LogP contribution in [0.15, 0.2) is 18.2 Å². The Bertz CT molecular complexity index is 352. The zero-order valence-corrected chi connectivity index (χ0v) is 10.0. The molecule has 1 aromatic carbocycles. The van der Waals surface area contributed by atoms with Gasteiger partial charge in [-0.3, -0.25) is 4.79 Å². The Morgan fingerprint density at radius 2 is 2.13 bits per heavy atom. The largest absolute Gasteiger partial charge is 0.312 e. The minimum Gasteiger partial charge on any atom is -0.312 e. The predicted molar refractivity (Wildman–Crippen MR) is 63.5 cm³/mol. The van der Waals surface area contributed by atoms with Crippen LogP contribution in [0.1, 0.15) is 18.9 Å². The Kier molecular flexibility index (Phi) is 5.09. The van der Waals surface area contributed by atoms with Crippen molar-refractivity contribution >= 4 is 29.0 Å². The molecule has 0 atom stereocenters. The van der Waals surface area contributed by atoms with E-state index in [0.717, 1.165) is 5.56 Å². The summed E-state index contributed by atoms with van der Waals surface area (Å²) < 4.78 is 0. The molecule has 1 rings (SSSR count). The van der Waals surface area contributed by atoms with Crippen LogP contribution in [-0.2, 0) is 11.3 Å².